The summed E-state index contributed by atoms with van der Waals surface area (Å²) in [4.78, 5) is 3.59. The van der Waals surface area contributed by atoms with Gasteiger partial charge in [-0.3, -0.25) is 0 Å². The molecule has 0 radical (unpaired) electrons. The van der Waals surface area contributed by atoms with Crippen molar-refractivity contribution in [3.63, 3.8) is 0 Å². The Balaban J connectivity index is 0.00000144. The van der Waals surface area contributed by atoms with Crippen LogP contribution in [0.3, 0.4) is 0 Å². The van der Waals surface area contributed by atoms with Crippen LogP contribution in [0, 0.1) is 0 Å². The van der Waals surface area contributed by atoms with E-state index < -0.39 is 0 Å². The molecule has 3 aromatic rings. The summed E-state index contributed by atoms with van der Waals surface area (Å²) < 4.78 is 0. The lowest BCUT2D eigenvalue weighted by Crippen LogP contribution is -2.31. The number of fused-ring (bicyclic) bond motifs is 3. The number of aromatic amines is 1. The van der Waals surface area contributed by atoms with Crippen molar-refractivity contribution in [2.45, 2.75) is 18.9 Å². The van der Waals surface area contributed by atoms with E-state index in [1.807, 2.05) is 6.07 Å². The van der Waals surface area contributed by atoms with Crippen LogP contribution in [0.25, 0.3) is 10.9 Å². The standard InChI is InChI=1S/C18H17ClN2.ClH/c19-13-6-7-16-15(11-13)14-8-9-20-17(18(14)21-16)10-12-4-2-1-3-5-12;/h1-7,11,17,20-21H,8-10H2;1H. The van der Waals surface area contributed by atoms with Gasteiger partial charge in [0.25, 0.3) is 0 Å². The zero-order valence-corrected chi connectivity index (χ0v) is 13.7. The maximum Gasteiger partial charge on any atom is 0.0517 e. The van der Waals surface area contributed by atoms with Crippen molar-refractivity contribution in [1.29, 1.82) is 0 Å². The van der Waals surface area contributed by atoms with Crippen molar-refractivity contribution in [1.82, 2.24) is 10.3 Å². The van der Waals surface area contributed by atoms with Gasteiger partial charge in [-0.2, -0.15) is 0 Å². The molecule has 2 aromatic carbocycles. The van der Waals surface area contributed by atoms with Gasteiger partial charge in [-0.25, -0.2) is 0 Å². The second kappa shape index (κ2) is 6.33. The predicted octanol–water partition coefficient (Wildman–Crippen LogP) is 4.67. The quantitative estimate of drug-likeness (QED) is 0.701. The Bertz CT molecular complexity index is 780. The van der Waals surface area contributed by atoms with Gasteiger partial charge in [0.05, 0.1) is 6.04 Å². The lowest BCUT2D eigenvalue weighted by Gasteiger charge is -2.24. The molecule has 2 nitrogen and oxygen atoms in total. The zero-order chi connectivity index (χ0) is 14.2. The molecule has 4 heteroatoms. The first-order chi connectivity index (χ1) is 10.3. The minimum Gasteiger partial charge on any atom is -0.357 e. The molecule has 1 aliphatic rings. The molecule has 1 aliphatic heterocycles. The molecule has 0 fully saturated rings. The number of rotatable bonds is 2. The van der Waals surface area contributed by atoms with Crippen LogP contribution < -0.4 is 5.32 Å². The van der Waals surface area contributed by atoms with E-state index >= 15 is 0 Å². The van der Waals surface area contributed by atoms with Gasteiger partial charge < -0.3 is 10.3 Å². The maximum absolute atomic E-state index is 6.15. The fourth-order valence-electron chi connectivity index (χ4n) is 3.31. The predicted molar refractivity (Wildman–Crippen MR) is 95.2 cm³/mol. The number of benzene rings is 2. The van der Waals surface area contributed by atoms with Crippen molar-refractivity contribution in [2.75, 3.05) is 6.54 Å². The van der Waals surface area contributed by atoms with Crippen LogP contribution in [0.2, 0.25) is 5.02 Å². The highest BCUT2D eigenvalue weighted by Gasteiger charge is 2.23. The third-order valence-corrected chi connectivity index (χ3v) is 4.53. The third-order valence-electron chi connectivity index (χ3n) is 4.30. The summed E-state index contributed by atoms with van der Waals surface area (Å²) in [7, 11) is 0. The van der Waals surface area contributed by atoms with E-state index in [-0.39, 0.29) is 12.4 Å². The van der Waals surface area contributed by atoms with Crippen LogP contribution in [0.1, 0.15) is 22.9 Å². The minimum absolute atomic E-state index is 0. The Labute approximate surface area is 141 Å². The van der Waals surface area contributed by atoms with E-state index in [0.29, 0.717) is 6.04 Å². The van der Waals surface area contributed by atoms with E-state index in [9.17, 15) is 0 Å². The number of nitrogens with one attached hydrogen (secondary N) is 2. The summed E-state index contributed by atoms with van der Waals surface area (Å²) in [5, 5.41) is 5.72. The summed E-state index contributed by atoms with van der Waals surface area (Å²) in [6.07, 6.45) is 2.06. The van der Waals surface area contributed by atoms with Gasteiger partial charge in [-0.05, 0) is 48.7 Å². The monoisotopic (exact) mass is 332 g/mol. The van der Waals surface area contributed by atoms with Crippen molar-refractivity contribution in [2.24, 2.45) is 0 Å². The van der Waals surface area contributed by atoms with E-state index in [0.717, 1.165) is 24.4 Å². The van der Waals surface area contributed by atoms with Crippen molar-refractivity contribution < 1.29 is 0 Å². The molecule has 22 heavy (non-hydrogen) atoms. The number of hydrogen-bond donors (Lipinski definition) is 2. The molecule has 1 aromatic heterocycles. The summed E-state index contributed by atoms with van der Waals surface area (Å²) in [5.41, 5.74) is 5.29. The highest BCUT2D eigenvalue weighted by Crippen LogP contribution is 2.32. The van der Waals surface area contributed by atoms with Crippen molar-refractivity contribution in [3.05, 3.63) is 70.4 Å². The van der Waals surface area contributed by atoms with Crippen LogP contribution >= 0.6 is 24.0 Å². The van der Waals surface area contributed by atoms with E-state index in [4.69, 9.17) is 11.6 Å². The summed E-state index contributed by atoms with van der Waals surface area (Å²) in [6, 6.07) is 17.1. The Hall–Kier alpha value is -1.48. The van der Waals surface area contributed by atoms with Gasteiger partial charge in [-0.1, -0.05) is 41.9 Å². The van der Waals surface area contributed by atoms with Crippen molar-refractivity contribution in [3.8, 4) is 0 Å². The highest BCUT2D eigenvalue weighted by atomic mass is 35.5. The van der Waals surface area contributed by atoms with Crippen LogP contribution in [0.15, 0.2) is 48.5 Å². The summed E-state index contributed by atoms with van der Waals surface area (Å²) >= 11 is 6.15. The molecule has 0 amide bonds. The molecule has 0 saturated carbocycles. The van der Waals surface area contributed by atoms with Crippen molar-refractivity contribution >= 4 is 34.9 Å². The summed E-state index contributed by atoms with van der Waals surface area (Å²) in [6.45, 7) is 1.02. The normalized spacial score (nSPS) is 17.0. The molecular formula is C18H18Cl2N2. The molecule has 0 spiro atoms. The third kappa shape index (κ3) is 2.74. The molecule has 0 saturated heterocycles. The van der Waals surface area contributed by atoms with Gasteiger partial charge in [-0.15, -0.1) is 12.4 Å². The number of aromatic nitrogens is 1. The first-order valence-corrected chi connectivity index (χ1v) is 7.76. The second-order valence-electron chi connectivity index (χ2n) is 5.65. The average molecular weight is 333 g/mol. The lowest BCUT2D eigenvalue weighted by atomic mass is 9.95. The fourth-order valence-corrected chi connectivity index (χ4v) is 3.48. The Morgan fingerprint density at radius 3 is 2.73 bits per heavy atom. The number of H-pyrrole nitrogens is 1. The lowest BCUT2D eigenvalue weighted by molar-refractivity contribution is 0.495. The largest absolute Gasteiger partial charge is 0.357 e. The number of halogens is 2. The second-order valence-corrected chi connectivity index (χ2v) is 6.09. The van der Waals surface area contributed by atoms with E-state index in [2.05, 4.69) is 52.8 Å². The number of hydrogen-bond acceptors (Lipinski definition) is 1. The van der Waals surface area contributed by atoms with Gasteiger partial charge in [0.2, 0.25) is 0 Å². The first kappa shape index (κ1) is 15.4. The molecule has 1 atom stereocenters. The topological polar surface area (TPSA) is 27.8 Å². The molecule has 2 N–H and O–H groups in total. The first-order valence-electron chi connectivity index (χ1n) is 7.38. The SMILES string of the molecule is Cl.Clc1ccc2[nH]c3c(c2c1)CCNC3Cc1ccccc1. The molecule has 2 heterocycles. The zero-order valence-electron chi connectivity index (χ0n) is 12.1. The van der Waals surface area contributed by atoms with Crippen LogP contribution in [-0.2, 0) is 12.8 Å². The van der Waals surface area contributed by atoms with E-state index in [1.165, 1.54) is 27.7 Å². The smallest absolute Gasteiger partial charge is 0.0517 e. The molecule has 4 rings (SSSR count). The molecule has 1 unspecified atom stereocenters. The Morgan fingerprint density at radius 1 is 1.09 bits per heavy atom. The van der Waals surface area contributed by atoms with Gasteiger partial charge in [0, 0.05) is 21.6 Å². The molecule has 114 valence electrons. The van der Waals surface area contributed by atoms with Crippen LogP contribution in [-0.4, -0.2) is 11.5 Å². The molecule has 0 aliphatic carbocycles. The average Bonchev–Trinajstić information content (AvgIpc) is 2.88. The van der Waals surface area contributed by atoms with Gasteiger partial charge in [0.1, 0.15) is 0 Å². The van der Waals surface area contributed by atoms with E-state index in [1.54, 1.807) is 0 Å². The fraction of sp³-hybridized carbons (Fsp3) is 0.222. The Morgan fingerprint density at radius 2 is 1.91 bits per heavy atom. The van der Waals surface area contributed by atoms with Gasteiger partial charge >= 0.3 is 0 Å². The summed E-state index contributed by atoms with van der Waals surface area (Å²) in [5.74, 6) is 0. The molecule has 0 bridgehead atoms. The van der Waals surface area contributed by atoms with Gasteiger partial charge in [0.15, 0.2) is 0 Å². The highest BCUT2D eigenvalue weighted by molar-refractivity contribution is 6.31. The maximum atomic E-state index is 6.15. The molecular weight excluding hydrogens is 315 g/mol. The minimum atomic E-state index is 0. The Kier molecular flexibility index (Phi) is 4.44. The van der Waals surface area contributed by atoms with Crippen LogP contribution in [0.4, 0.5) is 0 Å². The van der Waals surface area contributed by atoms with Crippen LogP contribution in [0.5, 0.6) is 0 Å².